The first-order chi connectivity index (χ1) is 8.58. The highest BCUT2D eigenvalue weighted by Crippen LogP contribution is 2.15. The smallest absolute Gasteiger partial charge is 0.257 e. The Balaban J connectivity index is 2.17. The third-order valence-corrected chi connectivity index (χ3v) is 3.09. The Morgan fingerprint density at radius 3 is 3.00 bits per heavy atom. The van der Waals surface area contributed by atoms with Crippen LogP contribution in [0.15, 0.2) is 29.1 Å². The Labute approximate surface area is 108 Å². The molecule has 0 fully saturated rings. The zero-order valence-corrected chi connectivity index (χ0v) is 10.6. The SMILES string of the molecule is CN(Cc1cscn1)C(=O)c1cc(N)ccc1F. The van der Waals surface area contributed by atoms with Crippen molar-refractivity contribution in [1.29, 1.82) is 0 Å². The minimum absolute atomic E-state index is 0.0206. The fraction of sp³-hybridized carbons (Fsp3) is 0.167. The zero-order chi connectivity index (χ0) is 13.1. The van der Waals surface area contributed by atoms with Crippen LogP contribution in [-0.2, 0) is 6.54 Å². The summed E-state index contributed by atoms with van der Waals surface area (Å²) in [4.78, 5) is 17.5. The number of anilines is 1. The van der Waals surface area contributed by atoms with Crippen LogP contribution >= 0.6 is 11.3 Å². The monoisotopic (exact) mass is 265 g/mol. The van der Waals surface area contributed by atoms with Crippen LogP contribution in [0.3, 0.4) is 0 Å². The summed E-state index contributed by atoms with van der Waals surface area (Å²) >= 11 is 1.45. The first-order valence-corrected chi connectivity index (χ1v) is 6.20. The Bertz CT molecular complexity index is 556. The van der Waals surface area contributed by atoms with Crippen LogP contribution in [0.2, 0.25) is 0 Å². The van der Waals surface area contributed by atoms with Crippen molar-refractivity contribution in [1.82, 2.24) is 9.88 Å². The van der Waals surface area contributed by atoms with Gasteiger partial charge in [0.2, 0.25) is 0 Å². The van der Waals surface area contributed by atoms with Gasteiger partial charge in [0.25, 0.3) is 5.91 Å². The van der Waals surface area contributed by atoms with Crippen molar-refractivity contribution >= 4 is 22.9 Å². The number of aromatic nitrogens is 1. The van der Waals surface area contributed by atoms with E-state index in [0.717, 1.165) is 5.69 Å². The molecule has 1 aromatic carbocycles. The molecular formula is C12H12FN3OS. The van der Waals surface area contributed by atoms with E-state index in [1.165, 1.54) is 34.4 Å². The van der Waals surface area contributed by atoms with Crippen molar-refractivity contribution in [2.75, 3.05) is 12.8 Å². The molecule has 0 saturated heterocycles. The maximum Gasteiger partial charge on any atom is 0.257 e. The summed E-state index contributed by atoms with van der Waals surface area (Å²) in [7, 11) is 1.60. The fourth-order valence-corrected chi connectivity index (χ4v) is 2.09. The van der Waals surface area contributed by atoms with E-state index in [9.17, 15) is 9.18 Å². The first-order valence-electron chi connectivity index (χ1n) is 5.25. The predicted molar refractivity (Wildman–Crippen MR) is 68.7 cm³/mol. The number of nitrogen functional groups attached to an aromatic ring is 1. The Morgan fingerprint density at radius 2 is 2.33 bits per heavy atom. The molecule has 6 heteroatoms. The minimum atomic E-state index is -0.570. The lowest BCUT2D eigenvalue weighted by Crippen LogP contribution is -2.27. The molecule has 1 aromatic heterocycles. The number of rotatable bonds is 3. The van der Waals surface area contributed by atoms with Gasteiger partial charge in [-0.25, -0.2) is 9.37 Å². The van der Waals surface area contributed by atoms with E-state index in [-0.39, 0.29) is 5.56 Å². The van der Waals surface area contributed by atoms with E-state index in [1.807, 2.05) is 5.38 Å². The number of hydrogen-bond acceptors (Lipinski definition) is 4. The molecular weight excluding hydrogens is 253 g/mol. The summed E-state index contributed by atoms with van der Waals surface area (Å²) < 4.78 is 13.5. The standard InChI is InChI=1S/C12H12FN3OS/c1-16(5-9-6-18-7-15-9)12(17)10-4-8(14)2-3-11(10)13/h2-4,6-7H,5,14H2,1H3. The molecule has 1 amide bonds. The van der Waals surface area contributed by atoms with Crippen LogP contribution < -0.4 is 5.73 Å². The van der Waals surface area contributed by atoms with E-state index >= 15 is 0 Å². The third kappa shape index (κ3) is 2.65. The molecule has 0 aliphatic carbocycles. The molecule has 2 aromatic rings. The Morgan fingerprint density at radius 1 is 1.56 bits per heavy atom. The summed E-state index contributed by atoms with van der Waals surface area (Å²) in [6, 6.07) is 3.96. The normalized spacial score (nSPS) is 10.3. The minimum Gasteiger partial charge on any atom is -0.399 e. The van der Waals surface area contributed by atoms with Crippen molar-refractivity contribution in [3.63, 3.8) is 0 Å². The van der Waals surface area contributed by atoms with E-state index in [2.05, 4.69) is 4.98 Å². The second kappa shape index (κ2) is 5.14. The molecule has 0 bridgehead atoms. The maximum atomic E-state index is 13.5. The van der Waals surface area contributed by atoms with Gasteiger partial charge in [0.05, 0.1) is 23.3 Å². The Kier molecular flexibility index (Phi) is 3.57. The summed E-state index contributed by atoms with van der Waals surface area (Å²) in [6.45, 7) is 0.344. The van der Waals surface area contributed by atoms with Gasteiger partial charge >= 0.3 is 0 Å². The highest BCUT2D eigenvalue weighted by atomic mass is 32.1. The number of nitrogens with zero attached hydrogens (tertiary/aromatic N) is 2. The number of carbonyl (C=O) groups is 1. The molecule has 2 N–H and O–H groups in total. The summed E-state index contributed by atoms with van der Waals surface area (Å²) in [6.07, 6.45) is 0. The number of amides is 1. The van der Waals surface area contributed by atoms with Gasteiger partial charge in [-0.1, -0.05) is 0 Å². The van der Waals surface area contributed by atoms with Crippen molar-refractivity contribution in [3.8, 4) is 0 Å². The molecule has 0 saturated carbocycles. The topological polar surface area (TPSA) is 59.2 Å². The second-order valence-corrected chi connectivity index (χ2v) is 4.60. The van der Waals surface area contributed by atoms with Crippen molar-refractivity contribution in [2.24, 2.45) is 0 Å². The van der Waals surface area contributed by atoms with Gasteiger partial charge in [-0.2, -0.15) is 0 Å². The summed E-state index contributed by atoms with van der Waals surface area (Å²) in [5.41, 5.74) is 8.36. The molecule has 0 unspecified atom stereocenters. The largest absolute Gasteiger partial charge is 0.399 e. The van der Waals surface area contributed by atoms with E-state index in [1.54, 1.807) is 12.6 Å². The molecule has 4 nitrogen and oxygen atoms in total. The van der Waals surface area contributed by atoms with E-state index in [0.29, 0.717) is 12.2 Å². The van der Waals surface area contributed by atoms with Crippen molar-refractivity contribution in [2.45, 2.75) is 6.54 Å². The average molecular weight is 265 g/mol. The lowest BCUT2D eigenvalue weighted by atomic mass is 10.1. The quantitative estimate of drug-likeness (QED) is 0.865. The highest BCUT2D eigenvalue weighted by molar-refractivity contribution is 7.07. The third-order valence-electron chi connectivity index (χ3n) is 2.45. The van der Waals surface area contributed by atoms with Gasteiger partial charge in [0.15, 0.2) is 0 Å². The van der Waals surface area contributed by atoms with Crippen LogP contribution in [0.1, 0.15) is 16.1 Å². The number of nitrogens with two attached hydrogens (primary N) is 1. The molecule has 18 heavy (non-hydrogen) atoms. The van der Waals surface area contributed by atoms with Crippen LogP contribution in [0.25, 0.3) is 0 Å². The van der Waals surface area contributed by atoms with Crippen LogP contribution in [-0.4, -0.2) is 22.8 Å². The lowest BCUT2D eigenvalue weighted by Gasteiger charge is -2.16. The van der Waals surface area contributed by atoms with Crippen molar-refractivity contribution in [3.05, 3.63) is 46.2 Å². The van der Waals surface area contributed by atoms with Gasteiger partial charge < -0.3 is 10.6 Å². The summed E-state index contributed by atoms with van der Waals surface area (Å²) in [5.74, 6) is -0.980. The Hall–Kier alpha value is -1.95. The molecule has 0 radical (unpaired) electrons. The van der Waals surface area contributed by atoms with Gasteiger partial charge in [-0.15, -0.1) is 11.3 Å². The van der Waals surface area contributed by atoms with E-state index < -0.39 is 11.7 Å². The molecule has 0 spiro atoms. The predicted octanol–water partition coefficient (Wildman–Crippen LogP) is 2.14. The highest BCUT2D eigenvalue weighted by Gasteiger charge is 2.17. The first kappa shape index (κ1) is 12.5. The molecule has 0 aliphatic rings. The second-order valence-electron chi connectivity index (χ2n) is 3.88. The molecule has 2 rings (SSSR count). The van der Waals surface area contributed by atoms with Crippen LogP contribution in [0.5, 0.6) is 0 Å². The van der Waals surface area contributed by atoms with Gasteiger partial charge in [0.1, 0.15) is 5.82 Å². The lowest BCUT2D eigenvalue weighted by molar-refractivity contribution is 0.0779. The molecule has 1 heterocycles. The number of halogens is 1. The van der Waals surface area contributed by atoms with Gasteiger partial charge in [0, 0.05) is 18.1 Å². The molecule has 0 aliphatic heterocycles. The van der Waals surface area contributed by atoms with E-state index in [4.69, 9.17) is 5.73 Å². The average Bonchev–Trinajstić information content (AvgIpc) is 2.84. The van der Waals surface area contributed by atoms with Crippen LogP contribution in [0, 0.1) is 5.82 Å². The summed E-state index contributed by atoms with van der Waals surface area (Å²) in [5, 5.41) is 1.85. The van der Waals surface area contributed by atoms with Gasteiger partial charge in [-0.05, 0) is 18.2 Å². The number of thiazole rings is 1. The fourth-order valence-electron chi connectivity index (χ4n) is 1.54. The van der Waals surface area contributed by atoms with Crippen molar-refractivity contribution < 1.29 is 9.18 Å². The maximum absolute atomic E-state index is 13.5. The van der Waals surface area contributed by atoms with Crippen LogP contribution in [0.4, 0.5) is 10.1 Å². The molecule has 0 atom stereocenters. The number of benzene rings is 1. The number of hydrogen-bond donors (Lipinski definition) is 1. The van der Waals surface area contributed by atoms with Gasteiger partial charge in [-0.3, -0.25) is 4.79 Å². The molecule has 94 valence electrons. The number of carbonyl (C=O) groups excluding carboxylic acids is 1. The zero-order valence-electron chi connectivity index (χ0n) is 9.76.